The molecule has 124 valence electrons. The second-order valence-electron chi connectivity index (χ2n) is 4.80. The van der Waals surface area contributed by atoms with Crippen molar-refractivity contribution in [2.45, 2.75) is 6.42 Å². The SMILES string of the molecule is COc1ccccc1C(=O)NNC(=O)Cc1ccc([N+](=O)[O-])cc1. The normalized spacial score (nSPS) is 9.88. The zero-order valence-electron chi connectivity index (χ0n) is 12.8. The molecule has 24 heavy (non-hydrogen) atoms. The Bertz CT molecular complexity index is 759. The average Bonchev–Trinajstić information content (AvgIpc) is 2.60. The highest BCUT2D eigenvalue weighted by Crippen LogP contribution is 2.16. The number of ether oxygens (including phenoxy) is 1. The van der Waals surface area contributed by atoms with Gasteiger partial charge in [0.05, 0.1) is 24.0 Å². The van der Waals surface area contributed by atoms with Crippen molar-refractivity contribution in [3.63, 3.8) is 0 Å². The van der Waals surface area contributed by atoms with Gasteiger partial charge in [-0.2, -0.15) is 0 Å². The van der Waals surface area contributed by atoms with Crippen molar-refractivity contribution in [2.75, 3.05) is 7.11 Å². The minimum Gasteiger partial charge on any atom is -0.496 e. The van der Waals surface area contributed by atoms with E-state index in [0.717, 1.165) is 0 Å². The fourth-order valence-electron chi connectivity index (χ4n) is 1.99. The molecule has 8 heteroatoms. The van der Waals surface area contributed by atoms with Gasteiger partial charge >= 0.3 is 0 Å². The van der Waals surface area contributed by atoms with Crippen molar-refractivity contribution >= 4 is 17.5 Å². The highest BCUT2D eigenvalue weighted by atomic mass is 16.6. The van der Waals surface area contributed by atoms with Crippen molar-refractivity contribution in [3.05, 3.63) is 69.8 Å². The first-order valence-electron chi connectivity index (χ1n) is 6.97. The van der Waals surface area contributed by atoms with Crippen molar-refractivity contribution in [2.24, 2.45) is 0 Å². The zero-order valence-corrected chi connectivity index (χ0v) is 12.8. The molecule has 2 N–H and O–H groups in total. The van der Waals surface area contributed by atoms with Gasteiger partial charge in [-0.3, -0.25) is 30.6 Å². The zero-order chi connectivity index (χ0) is 17.5. The molecule has 0 aromatic heterocycles. The van der Waals surface area contributed by atoms with Crippen molar-refractivity contribution in [1.82, 2.24) is 10.9 Å². The molecule has 2 rings (SSSR count). The van der Waals surface area contributed by atoms with E-state index in [2.05, 4.69) is 10.9 Å². The van der Waals surface area contributed by atoms with E-state index in [1.54, 1.807) is 24.3 Å². The van der Waals surface area contributed by atoms with Gasteiger partial charge in [0.25, 0.3) is 11.6 Å². The van der Waals surface area contributed by atoms with Crippen LogP contribution in [0.5, 0.6) is 5.75 Å². The number of carbonyl (C=O) groups excluding carboxylic acids is 2. The summed E-state index contributed by atoms with van der Waals surface area (Å²) in [6, 6.07) is 12.2. The summed E-state index contributed by atoms with van der Waals surface area (Å²) in [5, 5.41) is 10.6. The molecule has 0 bridgehead atoms. The highest BCUT2D eigenvalue weighted by Gasteiger charge is 2.12. The maximum atomic E-state index is 12.0. The first kappa shape index (κ1) is 16.9. The van der Waals surface area contributed by atoms with E-state index in [1.807, 2.05) is 0 Å². The van der Waals surface area contributed by atoms with Crippen LogP contribution in [0.1, 0.15) is 15.9 Å². The number of nitro groups is 1. The van der Waals surface area contributed by atoms with Crippen LogP contribution in [0, 0.1) is 10.1 Å². The molecule has 0 aliphatic carbocycles. The number of methoxy groups -OCH3 is 1. The van der Waals surface area contributed by atoms with Crippen LogP contribution in [-0.4, -0.2) is 23.8 Å². The van der Waals surface area contributed by atoms with E-state index in [4.69, 9.17) is 4.74 Å². The second-order valence-corrected chi connectivity index (χ2v) is 4.80. The average molecular weight is 329 g/mol. The molecule has 0 saturated carbocycles. The fourth-order valence-corrected chi connectivity index (χ4v) is 1.99. The Kier molecular flexibility index (Phi) is 5.45. The number of para-hydroxylation sites is 1. The number of hydrogen-bond donors (Lipinski definition) is 2. The van der Waals surface area contributed by atoms with E-state index in [1.165, 1.54) is 31.4 Å². The maximum absolute atomic E-state index is 12.0. The molecule has 0 unspecified atom stereocenters. The van der Waals surface area contributed by atoms with Crippen molar-refractivity contribution in [1.29, 1.82) is 0 Å². The largest absolute Gasteiger partial charge is 0.496 e. The first-order chi connectivity index (χ1) is 11.5. The van der Waals surface area contributed by atoms with Crippen LogP contribution in [0.15, 0.2) is 48.5 Å². The number of hydrazine groups is 1. The van der Waals surface area contributed by atoms with Crippen LogP contribution in [0.3, 0.4) is 0 Å². The number of carbonyl (C=O) groups is 2. The minimum atomic E-state index is -0.517. The first-order valence-corrected chi connectivity index (χ1v) is 6.97. The Morgan fingerprint density at radius 1 is 1.08 bits per heavy atom. The lowest BCUT2D eigenvalue weighted by atomic mass is 10.1. The summed E-state index contributed by atoms with van der Waals surface area (Å²) in [7, 11) is 1.44. The molecule has 0 spiro atoms. The number of nitrogens with zero attached hydrogens (tertiary/aromatic N) is 1. The summed E-state index contributed by atoms with van der Waals surface area (Å²) in [4.78, 5) is 33.9. The molecular formula is C16H15N3O5. The number of amides is 2. The molecular weight excluding hydrogens is 314 g/mol. The molecule has 0 heterocycles. The monoisotopic (exact) mass is 329 g/mol. The van der Waals surface area contributed by atoms with Gasteiger partial charge in [0, 0.05) is 12.1 Å². The number of nitrogens with one attached hydrogen (secondary N) is 2. The van der Waals surface area contributed by atoms with E-state index >= 15 is 0 Å². The predicted octanol–water partition coefficient (Wildman–Crippen LogP) is 1.61. The number of benzene rings is 2. The summed E-state index contributed by atoms with van der Waals surface area (Å²) in [6.45, 7) is 0. The lowest BCUT2D eigenvalue weighted by Gasteiger charge is -2.10. The van der Waals surface area contributed by atoms with Crippen LogP contribution in [0.2, 0.25) is 0 Å². The minimum absolute atomic E-state index is 0.0236. The van der Waals surface area contributed by atoms with Gasteiger partial charge < -0.3 is 4.74 Å². The van der Waals surface area contributed by atoms with E-state index < -0.39 is 16.7 Å². The maximum Gasteiger partial charge on any atom is 0.273 e. The Labute approximate surface area is 137 Å². The number of non-ortho nitro benzene ring substituents is 1. The van der Waals surface area contributed by atoms with Gasteiger partial charge in [-0.15, -0.1) is 0 Å². The summed E-state index contributed by atoms with van der Waals surface area (Å²) < 4.78 is 5.07. The molecule has 2 amide bonds. The quantitative estimate of drug-likeness (QED) is 0.639. The molecule has 0 aliphatic rings. The van der Waals surface area contributed by atoms with E-state index in [-0.39, 0.29) is 17.7 Å². The number of rotatable bonds is 5. The molecule has 0 radical (unpaired) electrons. The van der Waals surface area contributed by atoms with Crippen LogP contribution < -0.4 is 15.6 Å². The van der Waals surface area contributed by atoms with Gasteiger partial charge in [-0.1, -0.05) is 24.3 Å². The van der Waals surface area contributed by atoms with E-state index in [9.17, 15) is 19.7 Å². The third-order valence-corrected chi connectivity index (χ3v) is 3.18. The smallest absolute Gasteiger partial charge is 0.273 e. The lowest BCUT2D eigenvalue weighted by Crippen LogP contribution is -2.42. The van der Waals surface area contributed by atoms with Crippen LogP contribution >= 0.6 is 0 Å². The molecule has 0 atom stereocenters. The van der Waals surface area contributed by atoms with E-state index in [0.29, 0.717) is 11.3 Å². The van der Waals surface area contributed by atoms with Crippen molar-refractivity contribution < 1.29 is 19.2 Å². The Morgan fingerprint density at radius 3 is 2.38 bits per heavy atom. The summed E-state index contributed by atoms with van der Waals surface area (Å²) in [5.74, 6) is -0.573. The van der Waals surface area contributed by atoms with Gasteiger partial charge in [0.2, 0.25) is 5.91 Å². The standard InChI is InChI=1S/C16H15N3O5/c1-24-14-5-3-2-4-13(14)16(21)18-17-15(20)10-11-6-8-12(9-7-11)19(22)23/h2-9H,10H2,1H3,(H,17,20)(H,18,21). The van der Waals surface area contributed by atoms with Gasteiger partial charge in [-0.05, 0) is 17.7 Å². The predicted molar refractivity (Wildman–Crippen MR) is 85.4 cm³/mol. The van der Waals surface area contributed by atoms with Gasteiger partial charge in [0.15, 0.2) is 0 Å². The van der Waals surface area contributed by atoms with Gasteiger partial charge in [-0.25, -0.2) is 0 Å². The number of hydrogen-bond acceptors (Lipinski definition) is 5. The Hall–Kier alpha value is -3.42. The summed E-state index contributed by atoms with van der Waals surface area (Å²) in [6.07, 6.45) is -0.0236. The van der Waals surface area contributed by atoms with Crippen molar-refractivity contribution in [3.8, 4) is 5.75 Å². The highest BCUT2D eigenvalue weighted by molar-refractivity contribution is 5.97. The lowest BCUT2D eigenvalue weighted by molar-refractivity contribution is -0.384. The molecule has 0 saturated heterocycles. The molecule has 2 aromatic rings. The summed E-state index contributed by atoms with van der Waals surface area (Å²) >= 11 is 0. The Balaban J connectivity index is 1.91. The molecule has 2 aromatic carbocycles. The second kappa shape index (κ2) is 7.73. The molecule has 0 fully saturated rings. The summed E-state index contributed by atoms with van der Waals surface area (Å²) in [5.41, 5.74) is 5.41. The topological polar surface area (TPSA) is 111 Å². The van der Waals surface area contributed by atoms with Gasteiger partial charge in [0.1, 0.15) is 5.75 Å². The third-order valence-electron chi connectivity index (χ3n) is 3.18. The molecule has 8 nitrogen and oxygen atoms in total. The fraction of sp³-hybridized carbons (Fsp3) is 0.125. The van der Waals surface area contributed by atoms with Crippen LogP contribution in [0.25, 0.3) is 0 Å². The Morgan fingerprint density at radius 2 is 1.75 bits per heavy atom. The number of nitro benzene ring substituents is 1. The van der Waals surface area contributed by atoms with Crippen LogP contribution in [0.4, 0.5) is 5.69 Å². The third kappa shape index (κ3) is 4.29. The molecule has 0 aliphatic heterocycles. The van der Waals surface area contributed by atoms with Crippen LogP contribution in [-0.2, 0) is 11.2 Å².